The smallest absolute Gasteiger partial charge is 0.457 e. The van der Waals surface area contributed by atoms with Crippen LogP contribution >= 0.6 is 48.9 Å². The van der Waals surface area contributed by atoms with Gasteiger partial charge in [-0.2, -0.15) is 41.2 Å². The molecule has 0 spiro atoms. The van der Waals surface area contributed by atoms with E-state index in [0.717, 1.165) is 0 Å². The first-order valence-electron chi connectivity index (χ1n) is 8.14. The average Bonchev–Trinajstić information content (AvgIpc) is 3.58. The van der Waals surface area contributed by atoms with E-state index in [-0.39, 0.29) is 38.6 Å². The predicted molar refractivity (Wildman–Crippen MR) is 148 cm³/mol. The molecule has 0 atom stereocenters. The monoisotopic (exact) mass is 738 g/mol. The van der Waals surface area contributed by atoms with E-state index >= 15 is 0 Å². The van der Waals surface area contributed by atoms with Crippen LogP contribution in [0.4, 0.5) is 0 Å². The summed E-state index contributed by atoms with van der Waals surface area (Å²) in [4.78, 5) is 0. The van der Waals surface area contributed by atoms with Crippen LogP contribution in [0.25, 0.3) is 0 Å². The third kappa shape index (κ3) is 19.5. The molecule has 4 aromatic heterocycles. The van der Waals surface area contributed by atoms with E-state index in [2.05, 4.69) is 161 Å². The van der Waals surface area contributed by atoms with Crippen molar-refractivity contribution in [1.82, 2.24) is 61.6 Å². The summed E-state index contributed by atoms with van der Waals surface area (Å²) < 4.78 is 18.9. The largest absolute Gasteiger partial charge is 4.00 e. The molecular formula is C12H8MoN12O4S8. The number of ether oxygens (including phenoxy) is 4. The first-order valence-corrected chi connectivity index (χ1v) is 11.4. The molecule has 0 bridgehead atoms. The summed E-state index contributed by atoms with van der Waals surface area (Å²) in [6, 6.07) is 0. The zero-order chi connectivity index (χ0) is 26.8. The second-order valence-electron chi connectivity index (χ2n) is 4.64. The quantitative estimate of drug-likeness (QED) is 0.124. The molecule has 16 nitrogen and oxygen atoms in total. The van der Waals surface area contributed by atoms with Gasteiger partial charge in [0.1, 0.15) is 24.8 Å². The van der Waals surface area contributed by atoms with Crippen molar-refractivity contribution < 1.29 is 40.0 Å². The Morgan fingerprint density at radius 3 is 0.784 bits per heavy atom. The molecule has 194 valence electrons. The van der Waals surface area contributed by atoms with E-state index in [9.17, 15) is 0 Å². The molecule has 0 radical (unpaired) electrons. The van der Waals surface area contributed by atoms with Crippen LogP contribution in [0.3, 0.4) is 0 Å². The average molecular weight is 737 g/mol. The first kappa shape index (κ1) is 34.7. The number of aromatic amines is 4. The normalized spacial score (nSPS) is 8.65. The van der Waals surface area contributed by atoms with Gasteiger partial charge in [0.15, 0.2) is 0 Å². The van der Waals surface area contributed by atoms with Gasteiger partial charge in [-0.15, -0.1) is 20.4 Å². The van der Waals surface area contributed by atoms with E-state index in [0.29, 0.717) is 23.5 Å². The van der Waals surface area contributed by atoms with Gasteiger partial charge in [-0.25, -0.2) is 0 Å². The number of rotatable bonds is 4. The fraction of sp³-hybridized carbons (Fsp3) is 0. The third-order valence-corrected chi connectivity index (χ3v) is 2.99. The van der Waals surface area contributed by atoms with Crippen LogP contribution in [-0.4, -0.2) is 79.2 Å². The van der Waals surface area contributed by atoms with Crippen molar-refractivity contribution in [1.29, 1.82) is 0 Å². The molecule has 0 aromatic carbocycles. The second-order valence-corrected chi connectivity index (χ2v) is 8.64. The zero-order valence-corrected chi connectivity index (χ0v) is 25.7. The molecule has 0 unspecified atom stereocenters. The maximum Gasteiger partial charge on any atom is 4.00 e. The van der Waals surface area contributed by atoms with E-state index in [4.69, 9.17) is 18.9 Å². The number of H-pyrrole nitrogens is 4. The molecule has 0 saturated heterocycles. The van der Waals surface area contributed by atoms with Crippen LogP contribution in [-0.2, 0) is 71.6 Å². The summed E-state index contributed by atoms with van der Waals surface area (Å²) >= 11 is 35.6. The van der Waals surface area contributed by atoms with Crippen molar-refractivity contribution in [3.8, 4) is 23.5 Å². The minimum Gasteiger partial charge on any atom is -0.457 e. The number of thiocarbonyl (C=S) groups is 4. The van der Waals surface area contributed by atoms with Gasteiger partial charge in [-0.1, -0.05) is 0 Å². The first-order chi connectivity index (χ1) is 17.2. The van der Waals surface area contributed by atoms with Crippen LogP contribution in [0.1, 0.15) is 0 Å². The number of nitrogens with one attached hydrogen (secondary N) is 4. The van der Waals surface area contributed by atoms with Crippen LogP contribution in [0.15, 0.2) is 24.8 Å². The molecule has 0 aliphatic carbocycles. The van der Waals surface area contributed by atoms with E-state index < -0.39 is 0 Å². The predicted octanol–water partition coefficient (Wildman–Crippen LogP) is 0.0587. The molecule has 0 aliphatic heterocycles. The van der Waals surface area contributed by atoms with Crippen molar-refractivity contribution in [3.05, 3.63) is 24.8 Å². The van der Waals surface area contributed by atoms with Gasteiger partial charge in [0.05, 0.1) is 0 Å². The van der Waals surface area contributed by atoms with Gasteiger partial charge in [0.2, 0.25) is 0 Å². The summed E-state index contributed by atoms with van der Waals surface area (Å²) in [5, 5.41) is 37.4. The van der Waals surface area contributed by atoms with Crippen molar-refractivity contribution in [2.75, 3.05) is 0 Å². The summed E-state index contributed by atoms with van der Waals surface area (Å²) in [5.41, 5.74) is 0. The Hall–Kier alpha value is -2.31. The second kappa shape index (κ2) is 20.7. The van der Waals surface area contributed by atoms with Gasteiger partial charge in [0, 0.05) is 17.5 Å². The molecule has 0 amide bonds. The van der Waals surface area contributed by atoms with Gasteiger partial charge in [0.25, 0.3) is 23.5 Å². The Morgan fingerprint density at radius 2 is 0.676 bits per heavy atom. The van der Waals surface area contributed by atoms with Crippen molar-refractivity contribution in [2.45, 2.75) is 0 Å². The number of nitrogens with zero attached hydrogens (tertiary/aromatic N) is 8. The SMILES string of the molecule is S=C([S-])Oc1cn[nH]n1.S=C([S-])Oc1cn[nH]n1.S=C([S-])Oc1cn[nH]n1.S=C([S-])Oc1cn[nH]n1.[Mo+4]. The molecule has 4 N–H and O–H groups in total. The van der Waals surface area contributed by atoms with Gasteiger partial charge in [-0.05, 0) is 0 Å². The van der Waals surface area contributed by atoms with Crippen LogP contribution in [0.5, 0.6) is 23.5 Å². The van der Waals surface area contributed by atoms with Crippen LogP contribution in [0.2, 0.25) is 0 Å². The molecule has 4 rings (SSSR count). The molecule has 25 heteroatoms. The molecule has 37 heavy (non-hydrogen) atoms. The molecule has 0 aliphatic rings. The van der Waals surface area contributed by atoms with Gasteiger partial charge in [-0.3, -0.25) is 0 Å². The molecule has 0 fully saturated rings. The summed E-state index contributed by atoms with van der Waals surface area (Å²) in [6.07, 6.45) is 5.55. The molecule has 4 heterocycles. The summed E-state index contributed by atoms with van der Waals surface area (Å²) in [7, 11) is 0. The maximum atomic E-state index is 4.70. The topological polar surface area (TPSA) is 203 Å². The molecular weight excluding hydrogens is 729 g/mol. The molecule has 4 aromatic rings. The van der Waals surface area contributed by atoms with Crippen molar-refractivity contribution in [2.24, 2.45) is 0 Å². The van der Waals surface area contributed by atoms with Crippen molar-refractivity contribution in [3.63, 3.8) is 0 Å². The minimum atomic E-state index is 0. The van der Waals surface area contributed by atoms with Crippen LogP contribution < -0.4 is 18.9 Å². The number of aromatic nitrogens is 12. The van der Waals surface area contributed by atoms with E-state index in [1.165, 1.54) is 24.8 Å². The summed E-state index contributed by atoms with van der Waals surface area (Å²) in [6.45, 7) is 0. The Morgan fingerprint density at radius 1 is 0.486 bits per heavy atom. The minimum absolute atomic E-state index is 0. The van der Waals surface area contributed by atoms with Gasteiger partial charge < -0.3 is 118 Å². The Kier molecular flexibility index (Phi) is 19.4. The Bertz CT molecular complexity index is 979. The Balaban J connectivity index is 0.000000463. The maximum absolute atomic E-state index is 4.70. The van der Waals surface area contributed by atoms with Crippen LogP contribution in [0, 0.1) is 0 Å². The Labute approximate surface area is 264 Å². The van der Waals surface area contributed by atoms with Gasteiger partial charge >= 0.3 is 21.1 Å². The number of hydrogen-bond acceptors (Lipinski definition) is 20. The fourth-order valence-electron chi connectivity index (χ4n) is 1.30. The molecule has 0 saturated carbocycles. The fourth-order valence-corrected chi connectivity index (χ4v) is 1.99. The zero-order valence-electron chi connectivity index (χ0n) is 17.2. The summed E-state index contributed by atoms with van der Waals surface area (Å²) in [5.74, 6) is 1.20. The number of hydrogen-bond donors (Lipinski definition) is 4. The van der Waals surface area contributed by atoms with Crippen molar-refractivity contribution >= 4 is 117 Å². The third-order valence-electron chi connectivity index (χ3n) is 2.32. The van der Waals surface area contributed by atoms with E-state index in [1.54, 1.807) is 0 Å². The standard InChI is InChI=1S/4C3H3N3OS2.Mo/c4*8-3(9)7-2-1-4-6-5-2;/h4*1H,(H,8,9)(H,4,5,6);/q;;;;+4/p-4. The van der Waals surface area contributed by atoms with E-state index in [1.807, 2.05) is 0 Å².